The third-order valence-electron chi connectivity index (χ3n) is 3.19. The molecule has 0 heterocycles. The summed E-state index contributed by atoms with van der Waals surface area (Å²) < 4.78 is 27.4. The van der Waals surface area contributed by atoms with E-state index in [-0.39, 0.29) is 0 Å². The summed E-state index contributed by atoms with van der Waals surface area (Å²) in [5.41, 5.74) is 6.16. The number of aryl methyl sites for hydroxylation is 1. The topological polar surface area (TPSA) is 72.2 Å². The lowest BCUT2D eigenvalue weighted by molar-refractivity contribution is 0.418. The molecule has 4 nitrogen and oxygen atoms in total. The van der Waals surface area contributed by atoms with Crippen LogP contribution in [0.5, 0.6) is 0 Å². The Balaban J connectivity index is 2.82. The predicted octanol–water partition coefficient (Wildman–Crippen LogP) is 2.43. The maximum absolute atomic E-state index is 12.3. The summed E-state index contributed by atoms with van der Waals surface area (Å²) >= 11 is 0. The fraction of sp³-hybridized carbons (Fsp3) is 0.600. The zero-order chi connectivity index (χ0) is 15.2. The average Bonchev–Trinajstić information content (AvgIpc) is 2.35. The second-order valence-corrected chi connectivity index (χ2v) is 7.46. The van der Waals surface area contributed by atoms with Crippen LogP contribution in [0.1, 0.15) is 45.6 Å². The van der Waals surface area contributed by atoms with Gasteiger partial charge in [-0.2, -0.15) is 0 Å². The average molecular weight is 298 g/mol. The van der Waals surface area contributed by atoms with Crippen LogP contribution in [0, 0.1) is 0 Å². The number of hydrogen-bond acceptors (Lipinski definition) is 3. The highest BCUT2D eigenvalue weighted by molar-refractivity contribution is 7.89. The van der Waals surface area contributed by atoms with Gasteiger partial charge in [-0.25, -0.2) is 13.1 Å². The van der Waals surface area contributed by atoms with Crippen molar-refractivity contribution in [3.8, 4) is 0 Å². The molecule has 3 N–H and O–H groups in total. The van der Waals surface area contributed by atoms with Crippen molar-refractivity contribution >= 4 is 10.0 Å². The van der Waals surface area contributed by atoms with Crippen LogP contribution in [-0.2, 0) is 16.4 Å². The molecule has 0 atom stereocenters. The van der Waals surface area contributed by atoms with E-state index in [0.717, 1.165) is 31.2 Å². The van der Waals surface area contributed by atoms with Crippen LogP contribution in [0.3, 0.4) is 0 Å². The molecular formula is C15H26N2O2S. The maximum Gasteiger partial charge on any atom is 0.241 e. The van der Waals surface area contributed by atoms with Crippen molar-refractivity contribution in [3.63, 3.8) is 0 Å². The van der Waals surface area contributed by atoms with Crippen molar-refractivity contribution in [3.05, 3.63) is 29.8 Å². The van der Waals surface area contributed by atoms with E-state index in [0.29, 0.717) is 11.4 Å². The van der Waals surface area contributed by atoms with Crippen molar-refractivity contribution in [1.29, 1.82) is 0 Å². The molecule has 0 unspecified atom stereocenters. The number of rotatable bonds is 8. The van der Waals surface area contributed by atoms with Crippen LogP contribution in [0.4, 0.5) is 0 Å². The number of sulfonamides is 1. The Bertz CT molecular complexity index is 507. The third-order valence-corrected chi connectivity index (χ3v) is 4.90. The molecule has 0 spiro atoms. The Morgan fingerprint density at radius 3 is 2.30 bits per heavy atom. The minimum atomic E-state index is -3.45. The summed E-state index contributed by atoms with van der Waals surface area (Å²) in [5.74, 6) is 0. The van der Waals surface area contributed by atoms with Gasteiger partial charge in [0.2, 0.25) is 10.0 Å². The van der Waals surface area contributed by atoms with Gasteiger partial charge >= 0.3 is 0 Å². The molecule has 5 heteroatoms. The smallest absolute Gasteiger partial charge is 0.241 e. The molecule has 0 amide bonds. The van der Waals surface area contributed by atoms with E-state index in [2.05, 4.69) is 4.72 Å². The SMILES string of the molecule is CCCC(C)(C)NS(=O)(=O)c1ccc(CCCN)cc1. The number of nitrogens with two attached hydrogens (primary N) is 1. The Kier molecular flexibility index (Phi) is 6.17. The van der Waals surface area contributed by atoms with Gasteiger partial charge in [-0.15, -0.1) is 0 Å². The number of hydrogen-bond donors (Lipinski definition) is 2. The van der Waals surface area contributed by atoms with Crippen molar-refractivity contribution < 1.29 is 8.42 Å². The first-order chi connectivity index (χ1) is 9.30. The van der Waals surface area contributed by atoms with Gasteiger partial charge in [0.1, 0.15) is 0 Å². The van der Waals surface area contributed by atoms with Crippen LogP contribution in [-0.4, -0.2) is 20.5 Å². The summed E-state index contributed by atoms with van der Waals surface area (Å²) in [5, 5.41) is 0. The van der Waals surface area contributed by atoms with Crippen molar-refractivity contribution in [2.75, 3.05) is 6.54 Å². The molecule has 0 aliphatic carbocycles. The van der Waals surface area contributed by atoms with E-state index in [4.69, 9.17) is 5.73 Å². The molecule has 0 aromatic heterocycles. The van der Waals surface area contributed by atoms with Crippen molar-refractivity contribution in [2.24, 2.45) is 5.73 Å². The first kappa shape index (κ1) is 17.1. The molecule has 0 saturated heterocycles. The highest BCUT2D eigenvalue weighted by Crippen LogP contribution is 2.17. The minimum absolute atomic E-state index is 0.318. The van der Waals surface area contributed by atoms with E-state index in [1.165, 1.54) is 0 Å². The number of nitrogens with one attached hydrogen (secondary N) is 1. The van der Waals surface area contributed by atoms with Gasteiger partial charge < -0.3 is 5.73 Å². The molecule has 20 heavy (non-hydrogen) atoms. The first-order valence-electron chi connectivity index (χ1n) is 7.14. The van der Waals surface area contributed by atoms with Gasteiger partial charge in [0.15, 0.2) is 0 Å². The molecular weight excluding hydrogens is 272 g/mol. The molecule has 0 aliphatic rings. The van der Waals surface area contributed by atoms with Gasteiger partial charge in [0.25, 0.3) is 0 Å². The van der Waals surface area contributed by atoms with E-state index in [9.17, 15) is 8.42 Å². The normalized spacial score (nSPS) is 12.6. The van der Waals surface area contributed by atoms with Gasteiger partial charge in [0.05, 0.1) is 4.90 Å². The summed E-state index contributed by atoms with van der Waals surface area (Å²) in [6, 6.07) is 7.04. The van der Waals surface area contributed by atoms with Gasteiger partial charge in [-0.1, -0.05) is 25.5 Å². The second-order valence-electron chi connectivity index (χ2n) is 5.78. The zero-order valence-corrected chi connectivity index (χ0v) is 13.5. The molecule has 1 rings (SSSR count). The van der Waals surface area contributed by atoms with Gasteiger partial charge in [0, 0.05) is 5.54 Å². The quantitative estimate of drug-likeness (QED) is 0.774. The highest BCUT2D eigenvalue weighted by Gasteiger charge is 2.25. The first-order valence-corrected chi connectivity index (χ1v) is 8.62. The zero-order valence-electron chi connectivity index (χ0n) is 12.6. The molecule has 0 saturated carbocycles. The second kappa shape index (κ2) is 7.20. The Labute approximate surface area is 122 Å². The summed E-state index contributed by atoms with van der Waals surface area (Å²) in [4.78, 5) is 0.318. The lowest BCUT2D eigenvalue weighted by atomic mass is 10.0. The van der Waals surface area contributed by atoms with Crippen LogP contribution in [0.15, 0.2) is 29.2 Å². The molecule has 0 bridgehead atoms. The van der Waals surface area contributed by atoms with Crippen molar-refractivity contribution in [2.45, 2.75) is 56.9 Å². The van der Waals surface area contributed by atoms with E-state index in [1.54, 1.807) is 12.1 Å². The monoisotopic (exact) mass is 298 g/mol. The highest BCUT2D eigenvalue weighted by atomic mass is 32.2. The molecule has 114 valence electrons. The van der Waals surface area contributed by atoms with Crippen LogP contribution in [0.2, 0.25) is 0 Å². The lowest BCUT2D eigenvalue weighted by Gasteiger charge is -2.25. The Morgan fingerprint density at radius 2 is 1.80 bits per heavy atom. The van der Waals surface area contributed by atoms with E-state index < -0.39 is 15.6 Å². The number of benzene rings is 1. The van der Waals surface area contributed by atoms with Gasteiger partial charge in [-0.05, 0) is 57.4 Å². The van der Waals surface area contributed by atoms with Gasteiger partial charge in [-0.3, -0.25) is 0 Å². The van der Waals surface area contributed by atoms with E-state index >= 15 is 0 Å². The minimum Gasteiger partial charge on any atom is -0.330 e. The fourth-order valence-corrected chi connectivity index (χ4v) is 3.68. The molecule has 1 aromatic carbocycles. The Morgan fingerprint density at radius 1 is 1.20 bits per heavy atom. The summed E-state index contributed by atoms with van der Waals surface area (Å²) in [7, 11) is -3.45. The van der Waals surface area contributed by atoms with Crippen LogP contribution < -0.4 is 10.5 Å². The third kappa shape index (κ3) is 5.23. The predicted molar refractivity (Wildman–Crippen MR) is 83.1 cm³/mol. The largest absolute Gasteiger partial charge is 0.330 e. The van der Waals surface area contributed by atoms with Crippen LogP contribution >= 0.6 is 0 Å². The molecule has 0 radical (unpaired) electrons. The van der Waals surface area contributed by atoms with E-state index in [1.807, 2.05) is 32.9 Å². The maximum atomic E-state index is 12.3. The standard InChI is InChI=1S/C15H26N2O2S/c1-4-11-15(2,3)17-20(18,19)14-9-7-13(8-10-14)6-5-12-16/h7-10,17H,4-6,11-12,16H2,1-3H3. The molecule has 0 aliphatic heterocycles. The summed E-state index contributed by atoms with van der Waals surface area (Å²) in [6.07, 6.45) is 3.54. The lowest BCUT2D eigenvalue weighted by Crippen LogP contribution is -2.43. The Hall–Kier alpha value is -0.910. The van der Waals surface area contributed by atoms with Crippen molar-refractivity contribution in [1.82, 2.24) is 4.72 Å². The summed E-state index contributed by atoms with van der Waals surface area (Å²) in [6.45, 7) is 6.50. The molecule has 1 aromatic rings. The van der Waals surface area contributed by atoms with Crippen LogP contribution in [0.25, 0.3) is 0 Å². The molecule has 0 fully saturated rings. The fourth-order valence-electron chi connectivity index (χ4n) is 2.24.